The summed E-state index contributed by atoms with van der Waals surface area (Å²) in [5.41, 5.74) is 5.26. The standard InChI is InChI=1S/C25H36N2O2.C2H6/c1-7-11-20(4)23(8-2)24(9-3)21-13-15-22(16-14-21)29-19-18-26-17-10-12-25(28)27(5)6;1-2/h7,10-16,26H,1,8-9,17-19H2,2-6H3;1-2H3/b12-10+,20-11+,24-23-;. The predicted molar refractivity (Wildman–Crippen MR) is 135 cm³/mol. The third-order valence-corrected chi connectivity index (χ3v) is 4.63. The van der Waals surface area contributed by atoms with Gasteiger partial charge in [-0.2, -0.15) is 0 Å². The third kappa shape index (κ3) is 10.8. The van der Waals surface area contributed by atoms with Crippen molar-refractivity contribution < 1.29 is 9.53 Å². The zero-order valence-electron chi connectivity index (χ0n) is 20.6. The highest BCUT2D eigenvalue weighted by molar-refractivity contribution is 5.87. The van der Waals surface area contributed by atoms with Crippen LogP contribution in [0, 0.1) is 0 Å². The van der Waals surface area contributed by atoms with E-state index in [1.54, 1.807) is 25.1 Å². The van der Waals surface area contributed by atoms with E-state index < -0.39 is 0 Å². The van der Waals surface area contributed by atoms with E-state index in [9.17, 15) is 4.79 Å². The molecular weight excluding hydrogens is 384 g/mol. The first-order valence-electron chi connectivity index (χ1n) is 11.3. The van der Waals surface area contributed by atoms with Crippen LogP contribution in [-0.2, 0) is 4.79 Å². The molecule has 0 unspecified atom stereocenters. The number of carbonyl (C=O) groups excluding carboxylic acids is 1. The number of rotatable bonds is 12. The van der Waals surface area contributed by atoms with E-state index in [2.05, 4.69) is 50.9 Å². The first kappa shape index (κ1) is 28.4. The molecule has 172 valence electrons. The smallest absolute Gasteiger partial charge is 0.245 e. The molecule has 1 amide bonds. The van der Waals surface area contributed by atoms with Gasteiger partial charge < -0.3 is 15.0 Å². The number of likely N-dealkylation sites (N-methyl/N-ethyl adjacent to an activating group) is 1. The number of nitrogens with zero attached hydrogens (tertiary/aromatic N) is 1. The topological polar surface area (TPSA) is 41.6 Å². The maximum Gasteiger partial charge on any atom is 0.245 e. The zero-order chi connectivity index (χ0) is 23.6. The van der Waals surface area contributed by atoms with Gasteiger partial charge in [-0.3, -0.25) is 4.79 Å². The van der Waals surface area contributed by atoms with Gasteiger partial charge in [0.1, 0.15) is 12.4 Å². The van der Waals surface area contributed by atoms with Crippen LogP contribution in [0.2, 0.25) is 0 Å². The molecule has 0 fully saturated rings. The molecule has 0 radical (unpaired) electrons. The fourth-order valence-electron chi connectivity index (χ4n) is 3.09. The molecule has 1 aromatic carbocycles. The van der Waals surface area contributed by atoms with Gasteiger partial charge in [-0.1, -0.05) is 64.6 Å². The Morgan fingerprint density at radius 3 is 2.29 bits per heavy atom. The highest BCUT2D eigenvalue weighted by atomic mass is 16.5. The summed E-state index contributed by atoms with van der Waals surface area (Å²) in [6.45, 7) is 16.3. The molecule has 0 aliphatic rings. The van der Waals surface area contributed by atoms with E-state index in [0.717, 1.165) is 18.6 Å². The lowest BCUT2D eigenvalue weighted by atomic mass is 9.91. The number of nitrogens with one attached hydrogen (secondary N) is 1. The molecule has 0 aromatic heterocycles. The predicted octanol–water partition coefficient (Wildman–Crippen LogP) is 6.03. The van der Waals surface area contributed by atoms with Crippen LogP contribution in [-0.4, -0.2) is 44.6 Å². The first-order chi connectivity index (χ1) is 14.9. The number of benzene rings is 1. The maximum atomic E-state index is 11.4. The second-order valence-corrected chi connectivity index (χ2v) is 6.96. The van der Waals surface area contributed by atoms with Crippen LogP contribution in [0.1, 0.15) is 53.0 Å². The first-order valence-corrected chi connectivity index (χ1v) is 11.3. The number of allylic oxidation sites excluding steroid dienone is 5. The molecule has 31 heavy (non-hydrogen) atoms. The highest BCUT2D eigenvalue weighted by Crippen LogP contribution is 2.30. The Bertz CT molecular complexity index is 741. The summed E-state index contributed by atoms with van der Waals surface area (Å²) in [4.78, 5) is 13.0. The molecule has 0 aliphatic heterocycles. The Balaban J connectivity index is 0.00000436. The van der Waals surface area contributed by atoms with Gasteiger partial charge >= 0.3 is 0 Å². The lowest BCUT2D eigenvalue weighted by Gasteiger charge is -2.15. The van der Waals surface area contributed by atoms with Crippen LogP contribution in [0.25, 0.3) is 5.57 Å². The van der Waals surface area contributed by atoms with Crippen molar-refractivity contribution in [1.82, 2.24) is 10.2 Å². The van der Waals surface area contributed by atoms with Crippen molar-refractivity contribution in [3.8, 4) is 5.75 Å². The molecular formula is C27H42N2O2. The van der Waals surface area contributed by atoms with Gasteiger partial charge in [-0.15, -0.1) is 0 Å². The Morgan fingerprint density at radius 2 is 1.77 bits per heavy atom. The van der Waals surface area contributed by atoms with Crippen molar-refractivity contribution >= 4 is 11.5 Å². The van der Waals surface area contributed by atoms with Gasteiger partial charge in [-0.05, 0) is 54.2 Å². The monoisotopic (exact) mass is 426 g/mol. The van der Waals surface area contributed by atoms with Gasteiger partial charge in [0.2, 0.25) is 5.91 Å². The van der Waals surface area contributed by atoms with Gasteiger partial charge in [0, 0.05) is 33.3 Å². The van der Waals surface area contributed by atoms with Crippen LogP contribution in [0.15, 0.2) is 66.3 Å². The van der Waals surface area contributed by atoms with Crippen LogP contribution in [0.5, 0.6) is 5.75 Å². The molecule has 0 spiro atoms. The molecule has 0 saturated carbocycles. The summed E-state index contributed by atoms with van der Waals surface area (Å²) in [5.74, 6) is 0.853. The summed E-state index contributed by atoms with van der Waals surface area (Å²) in [6.07, 6.45) is 9.30. The van der Waals surface area contributed by atoms with E-state index in [1.165, 1.54) is 22.3 Å². The van der Waals surface area contributed by atoms with Gasteiger partial charge in [-0.25, -0.2) is 0 Å². The minimum Gasteiger partial charge on any atom is -0.492 e. The Kier molecular flexibility index (Phi) is 15.7. The molecule has 4 heteroatoms. The quantitative estimate of drug-likeness (QED) is 0.252. The minimum atomic E-state index is -0.00922. The summed E-state index contributed by atoms with van der Waals surface area (Å²) >= 11 is 0. The second-order valence-electron chi connectivity index (χ2n) is 6.96. The van der Waals surface area contributed by atoms with Crippen molar-refractivity contribution in [1.29, 1.82) is 0 Å². The van der Waals surface area contributed by atoms with Crippen molar-refractivity contribution in [2.24, 2.45) is 0 Å². The summed E-state index contributed by atoms with van der Waals surface area (Å²) in [5, 5.41) is 3.23. The second kappa shape index (κ2) is 17.1. The molecule has 0 atom stereocenters. The van der Waals surface area contributed by atoms with Gasteiger partial charge in [0.15, 0.2) is 0 Å². The molecule has 1 rings (SSSR count). The van der Waals surface area contributed by atoms with Crippen molar-refractivity contribution in [3.63, 3.8) is 0 Å². The number of amides is 1. The average Bonchev–Trinajstić information content (AvgIpc) is 2.78. The van der Waals surface area contributed by atoms with Gasteiger partial charge in [0.25, 0.3) is 0 Å². The Morgan fingerprint density at radius 1 is 1.13 bits per heavy atom. The molecule has 1 aromatic rings. The molecule has 0 bridgehead atoms. The van der Waals surface area contributed by atoms with E-state index >= 15 is 0 Å². The molecule has 0 heterocycles. The lowest BCUT2D eigenvalue weighted by Crippen LogP contribution is -2.22. The van der Waals surface area contributed by atoms with E-state index in [4.69, 9.17) is 4.74 Å². The number of ether oxygens (including phenoxy) is 1. The number of carbonyl (C=O) groups is 1. The Labute approximate surface area is 190 Å². The van der Waals surface area contributed by atoms with E-state index in [0.29, 0.717) is 19.7 Å². The summed E-state index contributed by atoms with van der Waals surface area (Å²) < 4.78 is 5.81. The minimum absolute atomic E-state index is 0.00922. The van der Waals surface area contributed by atoms with Crippen molar-refractivity contribution in [2.75, 3.05) is 33.8 Å². The largest absolute Gasteiger partial charge is 0.492 e. The maximum absolute atomic E-state index is 11.4. The Hall–Kier alpha value is -2.59. The zero-order valence-corrected chi connectivity index (χ0v) is 20.6. The van der Waals surface area contributed by atoms with Crippen LogP contribution >= 0.6 is 0 Å². The van der Waals surface area contributed by atoms with Crippen LogP contribution in [0.4, 0.5) is 0 Å². The molecule has 4 nitrogen and oxygen atoms in total. The fraction of sp³-hybridized carbons (Fsp3) is 0.444. The van der Waals surface area contributed by atoms with Crippen molar-refractivity contribution in [2.45, 2.75) is 47.5 Å². The van der Waals surface area contributed by atoms with E-state index in [-0.39, 0.29) is 5.91 Å². The average molecular weight is 427 g/mol. The third-order valence-electron chi connectivity index (χ3n) is 4.63. The van der Waals surface area contributed by atoms with E-state index in [1.807, 2.05) is 38.1 Å². The van der Waals surface area contributed by atoms with Crippen LogP contribution < -0.4 is 10.1 Å². The SMILES string of the molecule is C=C/C=C(C)/C(CC)=C(/CC)c1ccc(OCCNC/C=C/C(=O)N(C)C)cc1.CC. The number of hydrogen-bond acceptors (Lipinski definition) is 3. The van der Waals surface area contributed by atoms with Crippen molar-refractivity contribution in [3.05, 3.63) is 71.9 Å². The molecule has 0 aliphatic carbocycles. The van der Waals surface area contributed by atoms with Gasteiger partial charge in [0.05, 0.1) is 0 Å². The molecule has 1 N–H and O–H groups in total. The lowest BCUT2D eigenvalue weighted by molar-refractivity contribution is -0.123. The van der Waals surface area contributed by atoms with Crippen LogP contribution in [0.3, 0.4) is 0 Å². The normalized spacial score (nSPS) is 12.0. The summed E-state index contributed by atoms with van der Waals surface area (Å²) in [7, 11) is 3.47. The summed E-state index contributed by atoms with van der Waals surface area (Å²) in [6, 6.07) is 8.32. The fourth-order valence-corrected chi connectivity index (χ4v) is 3.09. The number of hydrogen-bond donors (Lipinski definition) is 1. The molecule has 0 saturated heterocycles. The highest BCUT2D eigenvalue weighted by Gasteiger charge is 2.08.